The van der Waals surface area contributed by atoms with Crippen LogP contribution < -0.4 is 9.13 Å². The Labute approximate surface area is 250 Å². The van der Waals surface area contributed by atoms with Gasteiger partial charge in [-0.15, -0.1) is 35.4 Å². The van der Waals surface area contributed by atoms with Gasteiger partial charge < -0.3 is 4.98 Å². The Bertz CT molecular complexity index is 1690. The van der Waals surface area contributed by atoms with Crippen molar-refractivity contribution in [2.75, 3.05) is 0 Å². The molecule has 5 aromatic rings. The molecule has 0 N–H and O–H groups in total. The maximum Gasteiger partial charge on any atom is 0 e. The van der Waals surface area contributed by atoms with E-state index >= 15 is 0 Å². The van der Waals surface area contributed by atoms with Crippen molar-refractivity contribution in [3.63, 3.8) is 0 Å². The number of pyridine rings is 2. The van der Waals surface area contributed by atoms with Crippen LogP contribution >= 0.6 is 0 Å². The number of aromatic nitrogens is 2. The molecule has 3 heterocycles. The molecule has 5 heteroatoms. The summed E-state index contributed by atoms with van der Waals surface area (Å²) in [6, 6.07) is 30.4. The van der Waals surface area contributed by atoms with E-state index in [-0.39, 0.29) is 31.2 Å². The van der Waals surface area contributed by atoms with Crippen molar-refractivity contribution in [2.24, 2.45) is 0 Å². The first-order chi connectivity index (χ1) is 20.2. The second-order valence-electron chi connectivity index (χ2n) is 9.80. The van der Waals surface area contributed by atoms with Crippen LogP contribution in [0.2, 0.25) is 17.3 Å². The molecule has 0 fully saturated rings. The summed E-state index contributed by atoms with van der Waals surface area (Å²) in [6.07, 6.45) is 3.13. The topological polar surface area (TPSA) is 35.0 Å². The van der Waals surface area contributed by atoms with Crippen molar-refractivity contribution in [3.8, 4) is 45.1 Å². The molecule has 0 saturated carbocycles. The summed E-state index contributed by atoms with van der Waals surface area (Å²) in [5.41, 5.74) is 5.63. The van der Waals surface area contributed by atoms with Gasteiger partial charge in [-0.3, -0.25) is 0 Å². The van der Waals surface area contributed by atoms with Crippen molar-refractivity contribution < 1.29 is 33.1 Å². The van der Waals surface area contributed by atoms with Crippen LogP contribution in [0.4, 0.5) is 0 Å². The third kappa shape index (κ3) is 6.15. The Morgan fingerprint density at radius 2 is 1.66 bits per heavy atom. The SMILES string of the molecule is [2H]C([2H])([2H])c1c[c-]c(-c2ccc(C([2H])([2H])[2H])cn2)cc1.[CH3][Ge]([CH3])([CH3])[c]1ccc2c(c1)Oc1ccc[c-]c1-c1ncccc1-2.[Ir]. The van der Waals surface area contributed by atoms with E-state index in [1.807, 2.05) is 30.5 Å². The summed E-state index contributed by atoms with van der Waals surface area (Å²) in [5.74, 6) is 8.95. The second kappa shape index (κ2) is 11.8. The van der Waals surface area contributed by atoms with E-state index in [1.54, 1.807) is 12.1 Å². The molecule has 6 rings (SSSR count). The average molecular weight is 741 g/mol. The van der Waals surface area contributed by atoms with Gasteiger partial charge in [0.1, 0.15) is 0 Å². The van der Waals surface area contributed by atoms with Gasteiger partial charge in [0.05, 0.1) is 0 Å². The maximum atomic E-state index is 7.28. The third-order valence-electron chi connectivity index (χ3n) is 6.07. The van der Waals surface area contributed by atoms with Gasteiger partial charge in [0.15, 0.2) is 0 Å². The molecule has 1 aliphatic heterocycles. The Morgan fingerprint density at radius 3 is 2.37 bits per heavy atom. The Kier molecular flexibility index (Phi) is 6.46. The average Bonchev–Trinajstić information content (AvgIpc) is 3.10. The van der Waals surface area contributed by atoms with Gasteiger partial charge in [-0.05, 0) is 18.1 Å². The molecule has 2 aromatic heterocycles. The molecule has 0 spiro atoms. The molecule has 3 nitrogen and oxygen atoms in total. The molecule has 0 aliphatic carbocycles. The van der Waals surface area contributed by atoms with E-state index < -0.39 is 27.0 Å². The van der Waals surface area contributed by atoms with E-state index in [2.05, 4.69) is 63.6 Å². The minimum atomic E-state index is -2.18. The zero-order valence-corrected chi connectivity index (χ0v) is 25.8. The first-order valence-electron chi connectivity index (χ1n) is 15.0. The van der Waals surface area contributed by atoms with Crippen LogP contribution in [0.1, 0.15) is 19.4 Å². The zero-order chi connectivity index (χ0) is 31.0. The number of rotatable bonds is 2. The molecule has 0 saturated heterocycles. The van der Waals surface area contributed by atoms with Crippen molar-refractivity contribution in [1.29, 1.82) is 0 Å². The standard InChI is InChI=1S/C20H18GeNO.C13H12N.Ir/c1-21(2,3)14-10-11-15-16-8-6-12-22-20(16)17-7-4-5-9-18(17)23-19(15)13-14;1-10-3-6-12(7-4-10)13-8-5-11(2)9-14-13;/h4-6,8-13H,1-3H3;3-6,8-9H,1-2H3;/q2*-1;/i;1D3,2D3;. The third-order valence-corrected chi connectivity index (χ3v) is 10.4. The summed E-state index contributed by atoms with van der Waals surface area (Å²) in [5, 5.41) is 0. The van der Waals surface area contributed by atoms with Crippen LogP contribution in [-0.2, 0) is 20.1 Å². The van der Waals surface area contributed by atoms with E-state index in [9.17, 15) is 0 Å². The normalized spacial score (nSPS) is 14.3. The molecule has 38 heavy (non-hydrogen) atoms. The summed E-state index contributed by atoms with van der Waals surface area (Å²) < 4.78 is 51.4. The van der Waals surface area contributed by atoms with Crippen molar-refractivity contribution in [2.45, 2.75) is 31.0 Å². The number of hydrogen-bond donors (Lipinski definition) is 0. The largest absolute Gasteiger partial charge is 0 e. The summed E-state index contributed by atoms with van der Waals surface area (Å²) in [7, 11) is 0. The van der Waals surface area contributed by atoms with Gasteiger partial charge in [0.2, 0.25) is 0 Å². The van der Waals surface area contributed by atoms with Crippen LogP contribution in [0, 0.1) is 25.8 Å². The van der Waals surface area contributed by atoms with Gasteiger partial charge >= 0.3 is 139 Å². The number of hydrogen-bond acceptors (Lipinski definition) is 3. The van der Waals surface area contributed by atoms with Gasteiger partial charge in [0.25, 0.3) is 0 Å². The van der Waals surface area contributed by atoms with Gasteiger partial charge in [-0.2, -0.15) is 0 Å². The number of ether oxygens (including phenoxy) is 1. The van der Waals surface area contributed by atoms with Crippen LogP contribution in [0.5, 0.6) is 11.5 Å². The number of fused-ring (bicyclic) bond motifs is 5. The quantitative estimate of drug-likeness (QED) is 0.133. The Morgan fingerprint density at radius 1 is 0.816 bits per heavy atom. The number of aryl methyl sites for hydroxylation is 2. The first kappa shape index (κ1) is 20.9. The van der Waals surface area contributed by atoms with Gasteiger partial charge in [0, 0.05) is 34.5 Å². The second-order valence-corrected chi connectivity index (χ2v) is 20.4. The van der Waals surface area contributed by atoms with E-state index in [4.69, 9.17) is 13.0 Å². The molecule has 0 bridgehead atoms. The fraction of sp³-hybridized carbons (Fsp3) is 0.152. The van der Waals surface area contributed by atoms with Crippen molar-refractivity contribution >= 4 is 17.7 Å². The minimum absolute atomic E-state index is 0. The van der Waals surface area contributed by atoms with Crippen molar-refractivity contribution in [3.05, 3.63) is 115 Å². The van der Waals surface area contributed by atoms with Gasteiger partial charge in [-0.1, -0.05) is 19.0 Å². The van der Waals surface area contributed by atoms with E-state index in [1.165, 1.54) is 28.8 Å². The molecule has 193 valence electrons. The Balaban J connectivity index is 0.000000199. The minimum Gasteiger partial charge on any atom is 0 e. The molecule has 0 unspecified atom stereocenters. The van der Waals surface area contributed by atoms with Crippen LogP contribution in [-0.4, -0.2) is 23.2 Å². The fourth-order valence-electron chi connectivity index (χ4n) is 4.06. The summed E-state index contributed by atoms with van der Waals surface area (Å²) >= 11 is -1.91. The maximum absolute atomic E-state index is 7.28. The molecule has 3 aromatic carbocycles. The molecular weight excluding hydrogens is 705 g/mol. The van der Waals surface area contributed by atoms with Gasteiger partial charge in [-0.25, -0.2) is 0 Å². The van der Waals surface area contributed by atoms with Crippen LogP contribution in [0.25, 0.3) is 33.6 Å². The number of nitrogens with zero attached hydrogens (tertiary/aromatic N) is 2. The predicted octanol–water partition coefficient (Wildman–Crippen LogP) is 8.03. The molecule has 1 radical (unpaired) electrons. The summed E-state index contributed by atoms with van der Waals surface area (Å²) in [4.78, 5) is 8.67. The predicted molar refractivity (Wildman–Crippen MR) is 155 cm³/mol. The van der Waals surface area contributed by atoms with Crippen LogP contribution in [0.3, 0.4) is 0 Å². The van der Waals surface area contributed by atoms with Crippen molar-refractivity contribution in [1.82, 2.24) is 9.97 Å². The monoisotopic (exact) mass is 743 g/mol. The molecular formula is C33H30GeIrN2O-2. The first-order valence-corrected chi connectivity index (χ1v) is 19.3. The molecule has 0 atom stereocenters. The zero-order valence-electron chi connectivity index (χ0n) is 27.3. The van der Waals surface area contributed by atoms with Crippen LogP contribution in [0.15, 0.2) is 91.3 Å². The number of benzene rings is 3. The summed E-state index contributed by atoms with van der Waals surface area (Å²) in [6.45, 7) is -4.34. The molecule has 0 amide bonds. The van der Waals surface area contributed by atoms with E-state index in [0.717, 1.165) is 33.9 Å². The fourth-order valence-corrected chi connectivity index (χ4v) is 6.47. The van der Waals surface area contributed by atoms with E-state index in [0.29, 0.717) is 11.3 Å². The molecule has 1 aliphatic rings. The Hall–Kier alpha value is -3.05. The smallest absolute Gasteiger partial charge is 0 e.